The van der Waals surface area contributed by atoms with Gasteiger partial charge in [-0.25, -0.2) is 0 Å². The van der Waals surface area contributed by atoms with Gasteiger partial charge in [0.1, 0.15) is 0 Å². The molecule has 2 aromatic carbocycles. The Morgan fingerprint density at radius 2 is 1.54 bits per heavy atom. The highest BCUT2D eigenvalue weighted by Gasteiger charge is 2.58. The Kier molecular flexibility index (Phi) is 5.45. The molecule has 5 heteroatoms. The monoisotopic (exact) mass is 381 g/mol. The minimum Gasteiger partial charge on any atom is -0.465 e. The minimum atomic E-state index is -1.64. The molecular formula is C23H27NO4. The smallest absolute Gasteiger partial charge is 0.332 e. The zero-order valence-corrected chi connectivity index (χ0v) is 17.2. The summed E-state index contributed by atoms with van der Waals surface area (Å²) in [4.78, 5) is 29.0. The van der Waals surface area contributed by atoms with Crippen molar-refractivity contribution in [1.29, 1.82) is 0 Å². The lowest BCUT2D eigenvalue weighted by molar-refractivity contribution is -0.162. The van der Waals surface area contributed by atoms with Crippen molar-refractivity contribution in [2.45, 2.75) is 40.0 Å². The molecule has 0 unspecified atom stereocenters. The van der Waals surface area contributed by atoms with Crippen LogP contribution in [0.2, 0.25) is 0 Å². The number of benzene rings is 2. The van der Waals surface area contributed by atoms with Crippen molar-refractivity contribution >= 4 is 23.3 Å². The fraction of sp³-hybridized carbons (Fsp3) is 0.391. The zero-order chi connectivity index (χ0) is 20.5. The number of rotatable bonds is 5. The van der Waals surface area contributed by atoms with Gasteiger partial charge in [-0.1, -0.05) is 24.3 Å². The van der Waals surface area contributed by atoms with Crippen LogP contribution in [-0.4, -0.2) is 31.7 Å². The van der Waals surface area contributed by atoms with Crippen molar-refractivity contribution in [2.75, 3.05) is 24.7 Å². The van der Waals surface area contributed by atoms with E-state index in [1.165, 1.54) is 0 Å². The fourth-order valence-electron chi connectivity index (χ4n) is 4.26. The summed E-state index contributed by atoms with van der Waals surface area (Å²) in [5.74, 6) is -1.19. The highest BCUT2D eigenvalue weighted by molar-refractivity contribution is 6.14. The van der Waals surface area contributed by atoms with Crippen molar-refractivity contribution in [1.82, 2.24) is 0 Å². The van der Waals surface area contributed by atoms with Gasteiger partial charge in [-0.2, -0.15) is 0 Å². The molecule has 0 radical (unpaired) electrons. The number of esters is 2. The Morgan fingerprint density at radius 1 is 0.929 bits per heavy atom. The number of para-hydroxylation sites is 1. The lowest BCUT2D eigenvalue weighted by atomic mass is 9.68. The molecule has 2 aromatic rings. The van der Waals surface area contributed by atoms with Crippen LogP contribution in [0.4, 0.5) is 11.4 Å². The van der Waals surface area contributed by atoms with Gasteiger partial charge in [0.05, 0.1) is 13.2 Å². The Morgan fingerprint density at radius 3 is 2.11 bits per heavy atom. The SMILES string of the molecule is CCOC(=O)C1(C(=O)OCC)c2ccccc2N(CC)c2cc(C)cc(C)c21. The van der Waals surface area contributed by atoms with Crippen LogP contribution in [0.25, 0.3) is 0 Å². The molecule has 0 atom stereocenters. The number of carbonyl (C=O) groups excluding carboxylic acids is 2. The Hall–Kier alpha value is -2.82. The Balaban J connectivity index is 2.48. The molecule has 5 nitrogen and oxygen atoms in total. The number of hydrogen-bond acceptors (Lipinski definition) is 5. The van der Waals surface area contributed by atoms with E-state index >= 15 is 0 Å². The van der Waals surface area contributed by atoms with Crippen LogP contribution in [0.5, 0.6) is 0 Å². The highest BCUT2D eigenvalue weighted by atomic mass is 16.6. The molecule has 3 rings (SSSR count). The molecule has 0 N–H and O–H groups in total. The van der Waals surface area contributed by atoms with Crippen molar-refractivity contribution in [3.63, 3.8) is 0 Å². The van der Waals surface area contributed by atoms with Gasteiger partial charge >= 0.3 is 11.9 Å². The minimum absolute atomic E-state index is 0.180. The van der Waals surface area contributed by atoms with Crippen LogP contribution in [0.15, 0.2) is 36.4 Å². The quantitative estimate of drug-likeness (QED) is 0.574. The largest absolute Gasteiger partial charge is 0.465 e. The zero-order valence-electron chi connectivity index (χ0n) is 17.2. The first-order valence-electron chi connectivity index (χ1n) is 9.76. The molecule has 0 saturated carbocycles. The summed E-state index contributed by atoms with van der Waals surface area (Å²) in [6, 6.07) is 11.5. The summed E-state index contributed by atoms with van der Waals surface area (Å²) in [6.45, 7) is 10.5. The molecule has 0 fully saturated rings. The second-order valence-corrected chi connectivity index (χ2v) is 6.93. The van der Waals surface area contributed by atoms with Gasteiger partial charge in [-0.05, 0) is 57.9 Å². The Bertz CT molecular complexity index is 901. The summed E-state index contributed by atoms with van der Waals surface area (Å²) >= 11 is 0. The second kappa shape index (κ2) is 7.66. The second-order valence-electron chi connectivity index (χ2n) is 6.93. The average molecular weight is 381 g/mol. The number of aryl methyl sites for hydroxylation is 2. The van der Waals surface area contributed by atoms with E-state index in [4.69, 9.17) is 9.47 Å². The van der Waals surface area contributed by atoms with Crippen molar-refractivity contribution < 1.29 is 19.1 Å². The first-order valence-corrected chi connectivity index (χ1v) is 9.76. The summed E-state index contributed by atoms with van der Waals surface area (Å²) in [5, 5.41) is 0. The molecule has 1 aliphatic rings. The maximum atomic E-state index is 13.5. The van der Waals surface area contributed by atoms with Crippen molar-refractivity contribution in [2.24, 2.45) is 0 Å². The number of anilines is 2. The third kappa shape index (κ3) is 2.77. The molecule has 28 heavy (non-hydrogen) atoms. The first kappa shape index (κ1) is 19.9. The molecule has 0 spiro atoms. The molecule has 1 aliphatic heterocycles. The molecule has 0 aliphatic carbocycles. The summed E-state index contributed by atoms with van der Waals surface area (Å²) in [7, 11) is 0. The summed E-state index contributed by atoms with van der Waals surface area (Å²) in [6.07, 6.45) is 0. The lowest BCUT2D eigenvalue weighted by Crippen LogP contribution is -2.51. The molecule has 0 saturated heterocycles. The molecular weight excluding hydrogens is 354 g/mol. The van der Waals surface area contributed by atoms with E-state index in [2.05, 4.69) is 11.8 Å². The van der Waals surface area contributed by atoms with E-state index in [1.54, 1.807) is 13.8 Å². The number of ether oxygens (including phenoxy) is 2. The summed E-state index contributed by atoms with van der Waals surface area (Å²) < 4.78 is 10.9. The van der Waals surface area contributed by atoms with Crippen LogP contribution in [0.3, 0.4) is 0 Å². The van der Waals surface area contributed by atoms with E-state index in [1.807, 2.05) is 50.2 Å². The first-order chi connectivity index (χ1) is 13.4. The molecule has 0 bridgehead atoms. The van der Waals surface area contributed by atoms with E-state index in [9.17, 15) is 9.59 Å². The fourth-order valence-corrected chi connectivity index (χ4v) is 4.26. The van der Waals surface area contributed by atoms with Gasteiger partial charge in [0.15, 0.2) is 0 Å². The van der Waals surface area contributed by atoms with Crippen LogP contribution in [0.1, 0.15) is 43.0 Å². The lowest BCUT2D eigenvalue weighted by Gasteiger charge is -2.43. The van der Waals surface area contributed by atoms with Gasteiger partial charge < -0.3 is 14.4 Å². The predicted molar refractivity (Wildman–Crippen MR) is 109 cm³/mol. The number of fused-ring (bicyclic) bond motifs is 2. The van der Waals surface area contributed by atoms with Gasteiger partial charge in [0.2, 0.25) is 5.41 Å². The van der Waals surface area contributed by atoms with E-state index in [-0.39, 0.29) is 13.2 Å². The van der Waals surface area contributed by atoms with E-state index in [0.29, 0.717) is 17.7 Å². The normalized spacial score (nSPS) is 14.1. The molecule has 0 amide bonds. The third-order valence-corrected chi connectivity index (χ3v) is 5.20. The van der Waals surface area contributed by atoms with Crippen LogP contribution >= 0.6 is 0 Å². The molecule has 148 valence electrons. The van der Waals surface area contributed by atoms with Gasteiger partial charge in [0, 0.05) is 29.0 Å². The van der Waals surface area contributed by atoms with Gasteiger partial charge in [-0.3, -0.25) is 9.59 Å². The number of carbonyl (C=O) groups is 2. The number of hydrogen-bond donors (Lipinski definition) is 0. The topological polar surface area (TPSA) is 55.8 Å². The maximum absolute atomic E-state index is 13.5. The van der Waals surface area contributed by atoms with E-state index in [0.717, 1.165) is 22.5 Å². The Labute approximate surface area is 166 Å². The standard InChI is InChI=1S/C23H27NO4/c1-6-24-18-12-10-9-11-17(18)23(21(25)27-7-2,22(26)28-8-3)20-16(5)13-15(4)14-19(20)24/h9-14H,6-8H2,1-5H3. The maximum Gasteiger partial charge on any atom is 0.332 e. The third-order valence-electron chi connectivity index (χ3n) is 5.20. The molecule has 1 heterocycles. The average Bonchev–Trinajstić information content (AvgIpc) is 2.66. The van der Waals surface area contributed by atoms with Crippen molar-refractivity contribution in [3.8, 4) is 0 Å². The van der Waals surface area contributed by atoms with Gasteiger partial charge in [-0.15, -0.1) is 0 Å². The van der Waals surface area contributed by atoms with Crippen LogP contribution in [-0.2, 0) is 24.5 Å². The summed E-state index contributed by atoms with van der Waals surface area (Å²) in [5.41, 5.74) is 3.22. The van der Waals surface area contributed by atoms with Crippen LogP contribution in [0, 0.1) is 13.8 Å². The van der Waals surface area contributed by atoms with Crippen molar-refractivity contribution in [3.05, 3.63) is 58.7 Å². The van der Waals surface area contributed by atoms with Crippen LogP contribution < -0.4 is 4.90 Å². The predicted octanol–water partition coefficient (Wildman–Crippen LogP) is 4.19. The highest BCUT2D eigenvalue weighted by Crippen LogP contribution is 2.52. The van der Waals surface area contributed by atoms with Gasteiger partial charge in [0.25, 0.3) is 0 Å². The number of nitrogens with zero attached hydrogens (tertiary/aromatic N) is 1. The van der Waals surface area contributed by atoms with E-state index < -0.39 is 17.4 Å². The molecule has 0 aromatic heterocycles.